The predicted molar refractivity (Wildman–Crippen MR) is 67.1 cm³/mol. The highest BCUT2D eigenvalue weighted by Gasteiger charge is 2.28. The van der Waals surface area contributed by atoms with Gasteiger partial charge in [0, 0.05) is 4.90 Å². The molecule has 0 heterocycles. The lowest BCUT2D eigenvalue weighted by atomic mass is 9.72. The van der Waals surface area contributed by atoms with Crippen LogP contribution in [0.1, 0.15) is 19.3 Å². The Morgan fingerprint density at radius 3 is 2.47 bits per heavy atom. The molecule has 15 heavy (non-hydrogen) atoms. The molecular weight excluding hydrogens is 202 g/mol. The van der Waals surface area contributed by atoms with Crippen LogP contribution < -0.4 is 5.73 Å². The van der Waals surface area contributed by atoms with Crippen LogP contribution in [0.2, 0.25) is 0 Å². The minimum atomic E-state index is 0.821. The van der Waals surface area contributed by atoms with Crippen LogP contribution in [0.25, 0.3) is 0 Å². The topological polar surface area (TPSA) is 26.0 Å². The van der Waals surface area contributed by atoms with Gasteiger partial charge in [0.1, 0.15) is 0 Å². The summed E-state index contributed by atoms with van der Waals surface area (Å²) in [7, 11) is 0. The van der Waals surface area contributed by atoms with Crippen LogP contribution in [0.4, 0.5) is 0 Å². The molecule has 1 aliphatic carbocycles. The first-order valence-electron chi connectivity index (χ1n) is 5.78. The van der Waals surface area contributed by atoms with Crippen molar-refractivity contribution >= 4 is 11.8 Å². The Bertz CT molecular complexity index is 284. The van der Waals surface area contributed by atoms with Gasteiger partial charge in [0.25, 0.3) is 0 Å². The van der Waals surface area contributed by atoms with E-state index < -0.39 is 0 Å². The van der Waals surface area contributed by atoms with Crippen molar-refractivity contribution < 1.29 is 0 Å². The highest BCUT2D eigenvalue weighted by Crippen LogP contribution is 2.37. The first-order valence-corrected chi connectivity index (χ1v) is 6.76. The fourth-order valence-electron chi connectivity index (χ4n) is 2.17. The molecule has 1 nitrogen and oxygen atoms in total. The summed E-state index contributed by atoms with van der Waals surface area (Å²) in [6.07, 6.45) is 4.09. The Morgan fingerprint density at radius 2 is 1.87 bits per heavy atom. The smallest absolute Gasteiger partial charge is 0.00719 e. The van der Waals surface area contributed by atoms with Crippen LogP contribution in [0.5, 0.6) is 0 Å². The van der Waals surface area contributed by atoms with Gasteiger partial charge >= 0.3 is 0 Å². The van der Waals surface area contributed by atoms with Gasteiger partial charge in [-0.3, -0.25) is 0 Å². The zero-order chi connectivity index (χ0) is 10.5. The normalized spacial score (nSPS) is 24.9. The van der Waals surface area contributed by atoms with Crippen LogP contribution in [0.15, 0.2) is 35.2 Å². The fourth-order valence-corrected chi connectivity index (χ4v) is 3.18. The van der Waals surface area contributed by atoms with Crippen LogP contribution in [-0.2, 0) is 0 Å². The third-order valence-corrected chi connectivity index (χ3v) is 4.42. The molecule has 0 aliphatic heterocycles. The summed E-state index contributed by atoms with van der Waals surface area (Å²) >= 11 is 1.97. The highest BCUT2D eigenvalue weighted by atomic mass is 32.2. The highest BCUT2D eigenvalue weighted by molar-refractivity contribution is 7.99. The van der Waals surface area contributed by atoms with Gasteiger partial charge in [-0.15, -0.1) is 11.8 Å². The summed E-state index contributed by atoms with van der Waals surface area (Å²) < 4.78 is 0. The molecule has 2 rings (SSSR count). The maximum atomic E-state index is 5.70. The van der Waals surface area contributed by atoms with Crippen LogP contribution in [0.3, 0.4) is 0 Å². The molecule has 0 saturated heterocycles. The van der Waals surface area contributed by atoms with Gasteiger partial charge in [0.2, 0.25) is 0 Å². The van der Waals surface area contributed by atoms with Gasteiger partial charge in [0.05, 0.1) is 0 Å². The van der Waals surface area contributed by atoms with Crippen molar-refractivity contribution in [2.75, 3.05) is 12.3 Å². The Labute approximate surface area is 96.4 Å². The summed E-state index contributed by atoms with van der Waals surface area (Å²) in [4.78, 5) is 1.39. The molecule has 1 aromatic rings. The van der Waals surface area contributed by atoms with Gasteiger partial charge in [-0.25, -0.2) is 0 Å². The first-order chi connectivity index (χ1) is 7.40. The van der Waals surface area contributed by atoms with Crippen molar-refractivity contribution in [2.45, 2.75) is 24.2 Å². The van der Waals surface area contributed by atoms with E-state index in [1.807, 2.05) is 11.8 Å². The molecule has 0 radical (unpaired) electrons. The van der Waals surface area contributed by atoms with Crippen LogP contribution in [0, 0.1) is 11.8 Å². The van der Waals surface area contributed by atoms with E-state index in [9.17, 15) is 0 Å². The number of rotatable bonds is 5. The third-order valence-electron chi connectivity index (χ3n) is 3.38. The summed E-state index contributed by atoms with van der Waals surface area (Å²) in [6.45, 7) is 0.890. The summed E-state index contributed by atoms with van der Waals surface area (Å²) in [5.41, 5.74) is 5.70. The quantitative estimate of drug-likeness (QED) is 0.773. The zero-order valence-corrected chi connectivity index (χ0v) is 9.88. The van der Waals surface area contributed by atoms with Crippen molar-refractivity contribution in [3.05, 3.63) is 30.3 Å². The van der Waals surface area contributed by atoms with Crippen molar-refractivity contribution in [3.8, 4) is 0 Å². The van der Waals surface area contributed by atoms with E-state index in [2.05, 4.69) is 30.3 Å². The van der Waals surface area contributed by atoms with E-state index in [4.69, 9.17) is 5.73 Å². The molecule has 1 aromatic carbocycles. The Hall–Kier alpha value is -0.470. The minimum absolute atomic E-state index is 0.821. The average molecular weight is 221 g/mol. The Kier molecular flexibility index (Phi) is 4.09. The SMILES string of the molecule is NCC1CCC1CCSc1ccccc1. The molecule has 0 aromatic heterocycles. The molecule has 2 unspecified atom stereocenters. The van der Waals surface area contributed by atoms with E-state index in [0.717, 1.165) is 18.4 Å². The van der Waals surface area contributed by atoms with Gasteiger partial charge < -0.3 is 5.73 Å². The zero-order valence-electron chi connectivity index (χ0n) is 9.06. The molecule has 2 heteroatoms. The maximum Gasteiger partial charge on any atom is 0.00719 e. The molecule has 82 valence electrons. The fraction of sp³-hybridized carbons (Fsp3) is 0.538. The number of benzene rings is 1. The Morgan fingerprint density at radius 1 is 1.13 bits per heavy atom. The second-order valence-electron chi connectivity index (χ2n) is 4.28. The minimum Gasteiger partial charge on any atom is -0.330 e. The average Bonchev–Trinajstić information content (AvgIpc) is 2.25. The van der Waals surface area contributed by atoms with Crippen molar-refractivity contribution in [1.29, 1.82) is 0 Å². The second kappa shape index (κ2) is 5.57. The summed E-state index contributed by atoms with van der Waals surface area (Å²) in [6, 6.07) is 10.7. The van der Waals surface area contributed by atoms with E-state index in [0.29, 0.717) is 0 Å². The van der Waals surface area contributed by atoms with E-state index in [1.165, 1.54) is 29.9 Å². The number of hydrogen-bond acceptors (Lipinski definition) is 2. The van der Waals surface area contributed by atoms with Gasteiger partial charge in [0.15, 0.2) is 0 Å². The van der Waals surface area contributed by atoms with Crippen molar-refractivity contribution in [3.63, 3.8) is 0 Å². The van der Waals surface area contributed by atoms with Crippen LogP contribution >= 0.6 is 11.8 Å². The molecule has 0 bridgehead atoms. The second-order valence-corrected chi connectivity index (χ2v) is 5.45. The molecule has 2 N–H and O–H groups in total. The lowest BCUT2D eigenvalue weighted by molar-refractivity contribution is 0.179. The maximum absolute atomic E-state index is 5.70. The van der Waals surface area contributed by atoms with Crippen molar-refractivity contribution in [1.82, 2.24) is 0 Å². The molecule has 1 aliphatic rings. The van der Waals surface area contributed by atoms with Crippen LogP contribution in [-0.4, -0.2) is 12.3 Å². The molecule has 0 amide bonds. The number of nitrogens with two attached hydrogens (primary N) is 1. The standard InChI is InChI=1S/C13H19NS/c14-10-12-7-6-11(12)8-9-15-13-4-2-1-3-5-13/h1-5,11-12H,6-10,14H2. The lowest BCUT2D eigenvalue weighted by Crippen LogP contribution is -2.32. The molecular formula is C13H19NS. The van der Waals surface area contributed by atoms with Gasteiger partial charge in [-0.1, -0.05) is 18.2 Å². The molecule has 1 fully saturated rings. The summed E-state index contributed by atoms with van der Waals surface area (Å²) in [5.74, 6) is 2.97. The molecule has 2 atom stereocenters. The largest absolute Gasteiger partial charge is 0.330 e. The van der Waals surface area contributed by atoms with E-state index in [1.54, 1.807) is 0 Å². The van der Waals surface area contributed by atoms with Gasteiger partial charge in [-0.2, -0.15) is 0 Å². The Balaban J connectivity index is 1.67. The first kappa shape index (κ1) is 11.0. The molecule has 0 spiro atoms. The third kappa shape index (κ3) is 2.99. The van der Waals surface area contributed by atoms with Crippen molar-refractivity contribution in [2.24, 2.45) is 17.6 Å². The van der Waals surface area contributed by atoms with E-state index in [-0.39, 0.29) is 0 Å². The monoisotopic (exact) mass is 221 g/mol. The summed E-state index contributed by atoms with van der Waals surface area (Å²) in [5, 5.41) is 0. The number of thioether (sulfide) groups is 1. The van der Waals surface area contributed by atoms with E-state index >= 15 is 0 Å². The molecule has 1 saturated carbocycles. The van der Waals surface area contributed by atoms with Gasteiger partial charge in [-0.05, 0) is 55.5 Å². The predicted octanol–water partition coefficient (Wildman–Crippen LogP) is 3.15. The lowest BCUT2D eigenvalue weighted by Gasteiger charge is -2.35. The number of hydrogen-bond donors (Lipinski definition) is 1.